The molecule has 0 fully saturated rings. The van der Waals surface area contributed by atoms with Gasteiger partial charge in [0.15, 0.2) is 11.6 Å². The number of pyridine rings is 1. The predicted octanol–water partition coefficient (Wildman–Crippen LogP) is 5.99. The molecular formula is C28H26F2N6. The van der Waals surface area contributed by atoms with Crippen LogP contribution in [0.4, 0.5) is 20.3 Å². The molecule has 1 unspecified atom stereocenters. The number of hydrogen-bond acceptors (Lipinski definition) is 5. The molecule has 2 heterocycles. The van der Waals surface area contributed by atoms with E-state index < -0.39 is 12.7 Å². The molecule has 0 aliphatic carbocycles. The van der Waals surface area contributed by atoms with Gasteiger partial charge >= 0.3 is 0 Å². The highest BCUT2D eigenvalue weighted by atomic mass is 19.1. The highest BCUT2D eigenvalue weighted by molar-refractivity contribution is 5.92. The first-order valence-corrected chi connectivity index (χ1v) is 11.7. The van der Waals surface area contributed by atoms with Gasteiger partial charge in [-0.1, -0.05) is 37.3 Å². The first-order valence-electron chi connectivity index (χ1n) is 11.7. The van der Waals surface area contributed by atoms with Gasteiger partial charge < -0.3 is 11.1 Å². The molecule has 0 spiro atoms. The Hall–Kier alpha value is -4.33. The summed E-state index contributed by atoms with van der Waals surface area (Å²) in [5.74, 6) is 1.07. The highest BCUT2D eigenvalue weighted by Gasteiger charge is 2.25. The highest BCUT2D eigenvalue weighted by Crippen LogP contribution is 2.32. The van der Waals surface area contributed by atoms with Crippen molar-refractivity contribution in [2.45, 2.75) is 26.1 Å². The van der Waals surface area contributed by atoms with E-state index in [9.17, 15) is 4.39 Å². The molecule has 2 aromatic heterocycles. The van der Waals surface area contributed by atoms with E-state index in [0.717, 1.165) is 28.4 Å². The summed E-state index contributed by atoms with van der Waals surface area (Å²) >= 11 is 0. The second-order valence-electron chi connectivity index (χ2n) is 8.67. The van der Waals surface area contributed by atoms with Crippen molar-refractivity contribution in [1.29, 1.82) is 0 Å². The van der Waals surface area contributed by atoms with Crippen LogP contribution < -0.4 is 11.1 Å². The van der Waals surface area contributed by atoms with Crippen molar-refractivity contribution >= 4 is 22.3 Å². The average Bonchev–Trinajstić information content (AvgIpc) is 3.29. The average molecular weight is 485 g/mol. The van der Waals surface area contributed by atoms with Crippen LogP contribution in [0.3, 0.4) is 0 Å². The topological polar surface area (TPSA) is 81.7 Å². The number of alkyl halides is 1. The molecule has 0 saturated heterocycles. The lowest BCUT2D eigenvalue weighted by atomic mass is 10.0. The fraction of sp³-hybridized carbons (Fsp3) is 0.179. The normalized spacial score (nSPS) is 12.1. The summed E-state index contributed by atoms with van der Waals surface area (Å²) < 4.78 is 30.1. The van der Waals surface area contributed by atoms with Crippen molar-refractivity contribution in [1.82, 2.24) is 19.7 Å². The van der Waals surface area contributed by atoms with Gasteiger partial charge in [0.05, 0.1) is 0 Å². The molecule has 5 rings (SSSR count). The number of benzene rings is 3. The Bertz CT molecular complexity index is 1540. The third kappa shape index (κ3) is 4.49. The van der Waals surface area contributed by atoms with Gasteiger partial charge in [-0.2, -0.15) is 5.10 Å². The molecule has 5 aromatic rings. The van der Waals surface area contributed by atoms with Crippen molar-refractivity contribution in [2.75, 3.05) is 11.1 Å². The number of nitrogens with zero attached hydrogens (tertiary/aromatic N) is 4. The van der Waals surface area contributed by atoms with Crippen molar-refractivity contribution < 1.29 is 8.78 Å². The van der Waals surface area contributed by atoms with Gasteiger partial charge in [0, 0.05) is 35.4 Å². The zero-order chi connectivity index (χ0) is 25.2. The predicted molar refractivity (Wildman–Crippen MR) is 139 cm³/mol. The van der Waals surface area contributed by atoms with Crippen LogP contribution in [0.25, 0.3) is 22.2 Å². The minimum Gasteiger partial charge on any atom is -0.383 e. The monoisotopic (exact) mass is 484 g/mol. The Kier molecular flexibility index (Phi) is 6.33. The quantitative estimate of drug-likeness (QED) is 0.297. The molecular weight excluding hydrogens is 458 g/mol. The summed E-state index contributed by atoms with van der Waals surface area (Å²) in [5, 5.41) is 9.79. The molecule has 8 heteroatoms. The van der Waals surface area contributed by atoms with Crippen molar-refractivity contribution in [3.8, 4) is 11.4 Å². The van der Waals surface area contributed by atoms with E-state index in [1.807, 2.05) is 43.3 Å². The first-order chi connectivity index (χ1) is 17.5. The van der Waals surface area contributed by atoms with Crippen LogP contribution in [0.5, 0.6) is 0 Å². The van der Waals surface area contributed by atoms with Gasteiger partial charge in [-0.15, -0.1) is 0 Å². The molecule has 0 amide bonds. The summed E-state index contributed by atoms with van der Waals surface area (Å²) in [5.41, 5.74) is 9.49. The number of aromatic nitrogens is 4. The van der Waals surface area contributed by atoms with Crippen LogP contribution in [-0.2, 0) is 20.1 Å². The number of hydrogen-bond donors (Lipinski definition) is 2. The van der Waals surface area contributed by atoms with Crippen LogP contribution in [0.1, 0.15) is 35.5 Å². The van der Waals surface area contributed by atoms with Crippen molar-refractivity contribution in [2.24, 2.45) is 7.05 Å². The van der Waals surface area contributed by atoms with E-state index >= 15 is 4.39 Å². The van der Waals surface area contributed by atoms with E-state index in [1.54, 1.807) is 42.2 Å². The molecule has 3 N–H and O–H groups in total. The summed E-state index contributed by atoms with van der Waals surface area (Å²) in [6.07, 6.45) is 2.42. The molecule has 6 nitrogen and oxygen atoms in total. The summed E-state index contributed by atoms with van der Waals surface area (Å²) in [6.45, 7) is 1.45. The van der Waals surface area contributed by atoms with Crippen LogP contribution in [-0.4, -0.2) is 19.7 Å². The van der Waals surface area contributed by atoms with E-state index in [4.69, 9.17) is 10.7 Å². The van der Waals surface area contributed by atoms with E-state index in [2.05, 4.69) is 15.4 Å². The number of rotatable bonds is 7. The lowest BCUT2D eigenvalue weighted by Gasteiger charge is -2.21. The van der Waals surface area contributed by atoms with E-state index in [0.29, 0.717) is 34.2 Å². The van der Waals surface area contributed by atoms with E-state index in [1.165, 1.54) is 6.07 Å². The van der Waals surface area contributed by atoms with Crippen LogP contribution in [0.2, 0.25) is 0 Å². The second kappa shape index (κ2) is 9.73. The largest absolute Gasteiger partial charge is 0.383 e. The lowest BCUT2D eigenvalue weighted by Crippen LogP contribution is -2.19. The summed E-state index contributed by atoms with van der Waals surface area (Å²) in [4.78, 5) is 8.91. The van der Waals surface area contributed by atoms with Gasteiger partial charge in [0.25, 0.3) is 0 Å². The third-order valence-corrected chi connectivity index (χ3v) is 6.28. The maximum atomic E-state index is 15.2. The van der Waals surface area contributed by atoms with Gasteiger partial charge in [-0.05, 0) is 59.3 Å². The molecule has 1 atom stereocenters. The second-order valence-corrected chi connectivity index (χ2v) is 8.67. The van der Waals surface area contributed by atoms with Crippen LogP contribution >= 0.6 is 0 Å². The number of nitrogen functional groups attached to an aromatic ring is 1. The Balaban J connectivity index is 1.62. The SMILES string of the molecule is CCc1ccc(F)c(C(Nc2ccc3c(N)nccc3c2)c2nc(-c3cccc(CF)c3)nn2C)c1. The van der Waals surface area contributed by atoms with Crippen LogP contribution in [0, 0.1) is 5.82 Å². The third-order valence-electron chi connectivity index (χ3n) is 6.28. The first kappa shape index (κ1) is 23.4. The number of nitrogens with two attached hydrogens (primary N) is 1. The minimum absolute atomic E-state index is 0.345. The minimum atomic E-state index is -0.635. The standard InChI is InChI=1S/C28H26F2N6/c1-3-17-7-10-24(30)23(14-17)25(33-21-8-9-22-19(15-21)11-12-32-26(22)31)28-34-27(35-36(28)2)20-6-4-5-18(13-20)16-29/h4-15,25,33H,3,16H2,1-2H3,(H2,31,32). The number of fused-ring (bicyclic) bond motifs is 1. The fourth-order valence-corrected chi connectivity index (χ4v) is 4.34. The Morgan fingerprint density at radius 3 is 2.69 bits per heavy atom. The zero-order valence-corrected chi connectivity index (χ0v) is 20.0. The Labute approximate surface area is 207 Å². The Morgan fingerprint density at radius 1 is 1.03 bits per heavy atom. The van der Waals surface area contributed by atoms with Gasteiger partial charge in [-0.25, -0.2) is 18.7 Å². The maximum absolute atomic E-state index is 15.2. The summed E-state index contributed by atoms with van der Waals surface area (Å²) in [6, 6.07) is 19.1. The van der Waals surface area contributed by atoms with Gasteiger partial charge in [-0.3, -0.25) is 4.68 Å². The van der Waals surface area contributed by atoms with Crippen LogP contribution in [0.15, 0.2) is 72.9 Å². The molecule has 0 aliphatic rings. The zero-order valence-electron chi connectivity index (χ0n) is 20.0. The van der Waals surface area contributed by atoms with Crippen molar-refractivity contribution in [3.05, 3.63) is 101 Å². The molecule has 0 aliphatic heterocycles. The molecule has 3 aromatic carbocycles. The molecule has 182 valence electrons. The number of anilines is 2. The smallest absolute Gasteiger partial charge is 0.181 e. The molecule has 36 heavy (non-hydrogen) atoms. The molecule has 0 saturated carbocycles. The fourth-order valence-electron chi connectivity index (χ4n) is 4.34. The van der Waals surface area contributed by atoms with Crippen molar-refractivity contribution in [3.63, 3.8) is 0 Å². The van der Waals surface area contributed by atoms with E-state index in [-0.39, 0.29) is 5.82 Å². The number of aryl methyl sites for hydroxylation is 2. The van der Waals surface area contributed by atoms with Gasteiger partial charge in [0.2, 0.25) is 0 Å². The molecule has 0 radical (unpaired) electrons. The van der Waals surface area contributed by atoms with Gasteiger partial charge in [0.1, 0.15) is 24.4 Å². The summed E-state index contributed by atoms with van der Waals surface area (Å²) in [7, 11) is 1.77. The number of halogens is 2. The molecule has 0 bridgehead atoms. The Morgan fingerprint density at radius 2 is 1.89 bits per heavy atom. The number of nitrogens with one attached hydrogen (secondary N) is 1. The lowest BCUT2D eigenvalue weighted by molar-refractivity contribution is 0.485. The maximum Gasteiger partial charge on any atom is 0.181 e.